The first-order valence-corrected chi connectivity index (χ1v) is 9.17. The standard InChI is InChI=1S/C10H13Cl3Si/c1-10(2,3)8-4-6-9(7-5-8)14(11,12)13/h4-7H,1-3H3/i1D3. The monoisotopic (exact) mass is 269 g/mol. The molecular formula is C10H13Cl3Si. The second-order valence-corrected chi connectivity index (χ2v) is 12.1. The minimum absolute atomic E-state index is 0.660. The van der Waals surface area contributed by atoms with E-state index in [4.69, 9.17) is 37.3 Å². The van der Waals surface area contributed by atoms with E-state index in [1.165, 1.54) is 0 Å². The van der Waals surface area contributed by atoms with Crippen LogP contribution < -0.4 is 5.19 Å². The van der Waals surface area contributed by atoms with E-state index in [0.717, 1.165) is 0 Å². The second-order valence-electron chi connectivity index (χ2n) is 3.70. The molecule has 0 atom stereocenters. The normalized spacial score (nSPS) is 17.1. The van der Waals surface area contributed by atoms with E-state index in [-0.39, 0.29) is 0 Å². The lowest BCUT2D eigenvalue weighted by atomic mass is 9.87. The molecule has 0 amide bonds. The zero-order valence-electron chi connectivity index (χ0n) is 10.9. The third-order valence-electron chi connectivity index (χ3n) is 1.93. The Kier molecular flexibility index (Phi) is 2.45. The van der Waals surface area contributed by atoms with Crippen molar-refractivity contribution in [3.63, 3.8) is 0 Å². The van der Waals surface area contributed by atoms with Crippen LogP contribution in [0.25, 0.3) is 0 Å². The number of hydrogen-bond donors (Lipinski definition) is 0. The van der Waals surface area contributed by atoms with Crippen LogP contribution in [-0.2, 0) is 5.41 Å². The topological polar surface area (TPSA) is 0 Å². The summed E-state index contributed by atoms with van der Waals surface area (Å²) >= 11 is 17.6. The summed E-state index contributed by atoms with van der Waals surface area (Å²) in [7, 11) is 0. The highest BCUT2D eigenvalue weighted by Gasteiger charge is 2.28. The van der Waals surface area contributed by atoms with Crippen LogP contribution in [0.1, 0.15) is 30.4 Å². The molecule has 4 heteroatoms. The van der Waals surface area contributed by atoms with Gasteiger partial charge in [-0.05, 0) is 16.2 Å². The Balaban J connectivity index is 3.12. The summed E-state index contributed by atoms with van der Waals surface area (Å²) in [5.74, 6) is 0. The second kappa shape index (κ2) is 4.05. The van der Waals surface area contributed by atoms with E-state index in [1.807, 2.05) is 0 Å². The Morgan fingerprint density at radius 2 is 1.64 bits per heavy atom. The molecule has 0 saturated carbocycles. The average Bonchev–Trinajstić information content (AvgIpc) is 2.15. The molecule has 0 aliphatic carbocycles. The lowest BCUT2D eigenvalue weighted by Crippen LogP contribution is -2.30. The van der Waals surface area contributed by atoms with Gasteiger partial charge in [0, 0.05) is 4.11 Å². The molecule has 0 aliphatic heterocycles. The molecule has 0 heterocycles. The van der Waals surface area contributed by atoms with Crippen molar-refractivity contribution in [1.29, 1.82) is 0 Å². The van der Waals surface area contributed by atoms with Crippen LogP contribution in [0, 0.1) is 0 Å². The van der Waals surface area contributed by atoms with Crippen molar-refractivity contribution < 1.29 is 4.11 Å². The largest absolute Gasteiger partial charge is 0.372 e. The van der Waals surface area contributed by atoms with Crippen LogP contribution in [0.2, 0.25) is 0 Å². The first-order chi connectivity index (χ1) is 7.46. The molecule has 0 spiro atoms. The van der Waals surface area contributed by atoms with Gasteiger partial charge >= 0.3 is 6.00 Å². The molecule has 78 valence electrons. The summed E-state index contributed by atoms with van der Waals surface area (Å²) < 4.78 is 22.5. The van der Waals surface area contributed by atoms with Crippen molar-refractivity contribution in [1.82, 2.24) is 0 Å². The van der Waals surface area contributed by atoms with Gasteiger partial charge in [0.1, 0.15) is 0 Å². The minimum Gasteiger partial charge on any atom is -0.121 e. The zero-order valence-corrected chi connectivity index (χ0v) is 11.2. The van der Waals surface area contributed by atoms with E-state index in [0.29, 0.717) is 10.8 Å². The van der Waals surface area contributed by atoms with Gasteiger partial charge in [0.25, 0.3) is 0 Å². The molecule has 0 aromatic heterocycles. The fraction of sp³-hybridized carbons (Fsp3) is 0.400. The molecule has 0 unspecified atom stereocenters. The average molecular weight is 271 g/mol. The molecule has 1 aromatic rings. The molecule has 0 nitrogen and oxygen atoms in total. The quantitative estimate of drug-likeness (QED) is 0.537. The van der Waals surface area contributed by atoms with Gasteiger partial charge in [-0.1, -0.05) is 45.0 Å². The highest BCUT2D eigenvalue weighted by Crippen LogP contribution is 2.24. The van der Waals surface area contributed by atoms with Crippen molar-refractivity contribution in [2.45, 2.75) is 26.1 Å². The molecule has 1 rings (SSSR count). The Hall–Kier alpha value is 0.307. The lowest BCUT2D eigenvalue weighted by molar-refractivity contribution is 0.590. The molecular weight excluding hydrogens is 255 g/mol. The van der Waals surface area contributed by atoms with Crippen LogP contribution in [0.5, 0.6) is 0 Å². The maximum Gasteiger partial charge on any atom is 0.372 e. The van der Waals surface area contributed by atoms with E-state index in [9.17, 15) is 0 Å². The number of rotatable bonds is 1. The number of hydrogen-bond acceptors (Lipinski definition) is 0. The molecule has 1 aromatic carbocycles. The Bertz CT molecular complexity index is 393. The lowest BCUT2D eigenvalue weighted by Gasteiger charge is -2.19. The van der Waals surface area contributed by atoms with Gasteiger partial charge in [-0.25, -0.2) is 0 Å². The fourth-order valence-electron chi connectivity index (χ4n) is 1.08. The summed E-state index contributed by atoms with van der Waals surface area (Å²) in [6, 6.07) is 3.95. The smallest absolute Gasteiger partial charge is 0.121 e. The van der Waals surface area contributed by atoms with E-state index < -0.39 is 18.3 Å². The Labute approximate surface area is 105 Å². The Morgan fingerprint density at radius 1 is 1.14 bits per heavy atom. The summed E-state index contributed by atoms with van der Waals surface area (Å²) in [4.78, 5) is 0. The molecule has 0 bridgehead atoms. The van der Waals surface area contributed by atoms with Crippen molar-refractivity contribution >= 4 is 44.4 Å². The first kappa shape index (κ1) is 8.46. The van der Waals surface area contributed by atoms with Gasteiger partial charge < -0.3 is 0 Å². The summed E-state index contributed by atoms with van der Waals surface area (Å²) in [6.07, 6.45) is 0. The number of halogens is 3. The number of benzene rings is 1. The maximum absolute atomic E-state index is 7.51. The summed E-state index contributed by atoms with van der Waals surface area (Å²) in [6.45, 7) is 1.30. The van der Waals surface area contributed by atoms with Crippen LogP contribution in [-0.4, -0.2) is 6.00 Å². The SMILES string of the molecule is [2H]C([2H])([2H])C(C)(C)c1ccc([Si](Cl)(Cl)Cl)cc1. The Morgan fingerprint density at radius 3 is 2.00 bits per heavy atom. The minimum atomic E-state index is -2.89. The van der Waals surface area contributed by atoms with Gasteiger partial charge in [0.15, 0.2) is 0 Å². The van der Waals surface area contributed by atoms with Crippen molar-refractivity contribution in [2.75, 3.05) is 0 Å². The molecule has 0 aliphatic rings. The van der Waals surface area contributed by atoms with Crippen LogP contribution >= 0.6 is 33.2 Å². The van der Waals surface area contributed by atoms with Crippen LogP contribution in [0.3, 0.4) is 0 Å². The zero-order chi connectivity index (χ0) is 13.5. The first-order valence-electron chi connectivity index (χ1n) is 5.64. The van der Waals surface area contributed by atoms with Gasteiger partial charge in [-0.15, -0.1) is 33.2 Å². The van der Waals surface area contributed by atoms with Crippen molar-refractivity contribution in [2.24, 2.45) is 0 Å². The van der Waals surface area contributed by atoms with Crippen LogP contribution in [0.15, 0.2) is 24.3 Å². The molecule has 0 fully saturated rings. The highest BCUT2D eigenvalue weighted by molar-refractivity contribution is 7.69. The van der Waals surface area contributed by atoms with Crippen molar-refractivity contribution in [3.05, 3.63) is 29.8 Å². The van der Waals surface area contributed by atoms with Gasteiger partial charge in [0.05, 0.1) is 0 Å². The molecule has 0 radical (unpaired) electrons. The summed E-state index contributed by atoms with van der Waals surface area (Å²) in [5.41, 5.74) is -0.203. The van der Waals surface area contributed by atoms with E-state index in [2.05, 4.69) is 0 Å². The third-order valence-corrected chi connectivity index (χ3v) is 4.89. The van der Waals surface area contributed by atoms with Crippen LogP contribution in [0.4, 0.5) is 0 Å². The van der Waals surface area contributed by atoms with Crippen molar-refractivity contribution in [3.8, 4) is 0 Å². The van der Waals surface area contributed by atoms with Gasteiger partial charge in [0.2, 0.25) is 0 Å². The third kappa shape index (κ3) is 3.16. The van der Waals surface area contributed by atoms with Gasteiger partial charge in [-0.2, -0.15) is 0 Å². The van der Waals surface area contributed by atoms with E-state index in [1.54, 1.807) is 38.1 Å². The molecule has 0 saturated heterocycles. The predicted octanol–water partition coefficient (Wildman–Crippen LogP) is 3.85. The van der Waals surface area contributed by atoms with Gasteiger partial charge in [-0.3, -0.25) is 0 Å². The molecule has 0 N–H and O–H groups in total. The highest BCUT2D eigenvalue weighted by atomic mass is 35.8. The summed E-state index contributed by atoms with van der Waals surface area (Å²) in [5, 5.41) is 0.660. The fourth-order valence-corrected chi connectivity index (χ4v) is 2.75. The maximum atomic E-state index is 7.51. The predicted molar refractivity (Wildman–Crippen MR) is 68.1 cm³/mol. The molecule has 14 heavy (non-hydrogen) atoms. The van der Waals surface area contributed by atoms with E-state index >= 15 is 0 Å².